The van der Waals surface area contributed by atoms with Gasteiger partial charge in [-0.15, -0.1) is 0 Å². The fourth-order valence-corrected chi connectivity index (χ4v) is 2.07. The number of carboxylic acids is 2. The van der Waals surface area contributed by atoms with Crippen LogP contribution >= 0.6 is 0 Å². The van der Waals surface area contributed by atoms with Gasteiger partial charge in [-0.05, 0) is 25.7 Å². The van der Waals surface area contributed by atoms with Crippen molar-refractivity contribution in [1.82, 2.24) is 0 Å². The molecule has 7 heteroatoms. The predicted molar refractivity (Wildman–Crippen MR) is 77.3 cm³/mol. The van der Waals surface area contributed by atoms with E-state index in [-0.39, 0.29) is 40.5 Å². The zero-order chi connectivity index (χ0) is 18.0. The maximum atomic E-state index is 10.8. The third-order valence-electron chi connectivity index (χ3n) is 3.81. The van der Waals surface area contributed by atoms with Crippen molar-refractivity contribution >= 4 is 23.5 Å². The van der Waals surface area contributed by atoms with Crippen LogP contribution in [-0.2, 0) is 36.2 Å². The summed E-state index contributed by atoms with van der Waals surface area (Å²) >= 11 is 0. The summed E-state index contributed by atoms with van der Waals surface area (Å²) in [5, 5.41) is 20.8. The van der Waals surface area contributed by atoms with Gasteiger partial charge in [-0.2, -0.15) is 0 Å². The Hall–Kier alpha value is -1.20. The number of rotatable bonds is 8. The van der Waals surface area contributed by atoms with E-state index < -0.39 is 23.8 Å². The molecule has 0 N–H and O–H groups in total. The Bertz CT molecular complexity index is 341. The molecule has 0 aliphatic rings. The van der Waals surface area contributed by atoms with Gasteiger partial charge in [0.25, 0.3) is 0 Å². The van der Waals surface area contributed by atoms with Crippen molar-refractivity contribution < 1.29 is 46.5 Å². The number of carbonyl (C=O) groups is 4. The summed E-state index contributed by atoms with van der Waals surface area (Å²) in [5.74, 6) is -5.27. The summed E-state index contributed by atoms with van der Waals surface area (Å²) in [6, 6.07) is 0. The number of carboxylic acid groups (broad SMARTS) is 2. The van der Waals surface area contributed by atoms with Crippen molar-refractivity contribution in [2.75, 3.05) is 0 Å². The van der Waals surface area contributed by atoms with Gasteiger partial charge in [-0.3, -0.25) is 9.59 Å². The molecular weight excluding hydrogens is 352 g/mol. The Morgan fingerprint density at radius 1 is 0.739 bits per heavy atom. The average Bonchev–Trinajstić information content (AvgIpc) is 2.37. The maximum absolute atomic E-state index is 10.8. The van der Waals surface area contributed by atoms with Gasteiger partial charge in [0.15, 0.2) is 0 Å². The number of Topliss-reactive ketones (excluding diaryl/α,β-unsaturated/α-hetero) is 2. The van der Waals surface area contributed by atoms with Crippen LogP contribution in [-0.4, -0.2) is 23.5 Å². The number of hydrogen-bond donors (Lipinski definition) is 0. The van der Waals surface area contributed by atoms with Crippen LogP contribution in [0.2, 0.25) is 0 Å². The molecular formula is C16H26CuO6. The van der Waals surface area contributed by atoms with Crippen LogP contribution in [0.3, 0.4) is 0 Å². The molecule has 137 valence electrons. The summed E-state index contributed by atoms with van der Waals surface area (Å²) in [7, 11) is 0. The zero-order valence-corrected chi connectivity index (χ0v) is 15.4. The molecule has 0 rings (SSSR count). The van der Waals surface area contributed by atoms with Crippen molar-refractivity contribution in [2.24, 2.45) is 23.7 Å². The van der Waals surface area contributed by atoms with Gasteiger partial charge in [0.05, 0.1) is 23.8 Å². The van der Waals surface area contributed by atoms with Crippen LogP contribution in [0.5, 0.6) is 0 Å². The van der Waals surface area contributed by atoms with Gasteiger partial charge >= 0.3 is 17.1 Å². The summed E-state index contributed by atoms with van der Waals surface area (Å²) in [6.45, 7) is 9.75. The Labute approximate surface area is 148 Å². The molecule has 0 aromatic rings. The normalized spacial score (nSPS) is 14.9. The number of aliphatic carboxylic acids is 2. The molecule has 0 spiro atoms. The van der Waals surface area contributed by atoms with E-state index in [0.717, 1.165) is 0 Å². The van der Waals surface area contributed by atoms with Crippen LogP contribution in [0, 0.1) is 23.7 Å². The molecule has 0 fully saturated rings. The van der Waals surface area contributed by atoms with E-state index in [2.05, 4.69) is 0 Å². The second-order valence-electron chi connectivity index (χ2n) is 5.59. The molecule has 0 amide bonds. The number of ketones is 2. The quantitative estimate of drug-likeness (QED) is 0.433. The minimum absolute atomic E-state index is 0. The van der Waals surface area contributed by atoms with E-state index in [0.29, 0.717) is 12.8 Å². The van der Waals surface area contributed by atoms with Gasteiger partial charge < -0.3 is 19.8 Å². The van der Waals surface area contributed by atoms with Gasteiger partial charge in [0.2, 0.25) is 0 Å². The third kappa shape index (κ3) is 10.2. The summed E-state index contributed by atoms with van der Waals surface area (Å²) < 4.78 is 0. The monoisotopic (exact) mass is 377 g/mol. The minimum Gasteiger partial charge on any atom is -0.549 e. The third-order valence-corrected chi connectivity index (χ3v) is 3.81. The van der Waals surface area contributed by atoms with Crippen LogP contribution < -0.4 is 10.2 Å². The molecule has 0 saturated heterocycles. The van der Waals surface area contributed by atoms with Crippen LogP contribution in [0.25, 0.3) is 0 Å². The van der Waals surface area contributed by atoms with E-state index in [1.807, 2.05) is 13.8 Å². The maximum Gasteiger partial charge on any atom is 2.00 e. The molecule has 0 aromatic carbocycles. The predicted octanol–water partition coefficient (Wildman–Crippen LogP) is -0.0273. The van der Waals surface area contributed by atoms with Crippen LogP contribution in [0.1, 0.15) is 54.4 Å². The summed E-state index contributed by atoms with van der Waals surface area (Å²) in [6.07, 6.45) is 1.36. The summed E-state index contributed by atoms with van der Waals surface area (Å²) in [5.41, 5.74) is 0. The van der Waals surface area contributed by atoms with Crippen LogP contribution in [0.15, 0.2) is 0 Å². The first-order valence-corrected chi connectivity index (χ1v) is 7.43. The Kier molecular flexibility index (Phi) is 15.4. The topological polar surface area (TPSA) is 114 Å². The largest absolute Gasteiger partial charge is 2.00 e. The second-order valence-corrected chi connectivity index (χ2v) is 5.59. The first-order valence-electron chi connectivity index (χ1n) is 7.43. The van der Waals surface area contributed by atoms with E-state index >= 15 is 0 Å². The van der Waals surface area contributed by atoms with Gasteiger partial charge in [-0.25, -0.2) is 0 Å². The van der Waals surface area contributed by atoms with Crippen molar-refractivity contribution in [1.29, 1.82) is 0 Å². The molecule has 4 atom stereocenters. The minimum atomic E-state index is -1.26. The zero-order valence-electron chi connectivity index (χ0n) is 14.5. The Morgan fingerprint density at radius 3 is 1.00 bits per heavy atom. The SMILES string of the molecule is CCC(C)C(C(C)=O)C(=O)[O-].CCC(C)C(C(C)=O)C(=O)[O-].[Cu+2]. The number of carbonyl (C=O) groups excluding carboxylic acids is 4. The molecule has 0 aliphatic carbocycles. The molecule has 0 bridgehead atoms. The van der Waals surface area contributed by atoms with Gasteiger partial charge in [-0.1, -0.05) is 40.5 Å². The van der Waals surface area contributed by atoms with E-state index in [1.54, 1.807) is 13.8 Å². The molecule has 0 saturated carbocycles. The van der Waals surface area contributed by atoms with E-state index in [1.165, 1.54) is 13.8 Å². The van der Waals surface area contributed by atoms with Crippen molar-refractivity contribution in [3.8, 4) is 0 Å². The second kappa shape index (κ2) is 13.3. The van der Waals surface area contributed by atoms with Gasteiger partial charge in [0.1, 0.15) is 11.6 Å². The smallest absolute Gasteiger partial charge is 0.549 e. The molecule has 0 aromatic heterocycles. The molecule has 4 unspecified atom stereocenters. The molecule has 0 aliphatic heterocycles. The Morgan fingerprint density at radius 2 is 0.957 bits per heavy atom. The molecule has 6 nitrogen and oxygen atoms in total. The van der Waals surface area contributed by atoms with E-state index in [4.69, 9.17) is 0 Å². The first-order chi connectivity index (χ1) is 10.0. The Balaban J connectivity index is -0.000000333. The molecule has 0 heterocycles. The molecule has 1 radical (unpaired) electrons. The van der Waals surface area contributed by atoms with Crippen molar-refractivity contribution in [3.05, 3.63) is 0 Å². The molecule has 23 heavy (non-hydrogen) atoms. The summed E-state index contributed by atoms with van der Waals surface area (Å²) in [4.78, 5) is 42.3. The average molecular weight is 378 g/mol. The fraction of sp³-hybridized carbons (Fsp3) is 0.750. The van der Waals surface area contributed by atoms with Crippen molar-refractivity contribution in [2.45, 2.75) is 54.4 Å². The first kappa shape index (κ1) is 26.7. The fourth-order valence-electron chi connectivity index (χ4n) is 2.07. The standard InChI is InChI=1S/2C8H14O3.Cu/c2*1-4-5(2)7(6(3)9)8(10)11;/h2*5,7H,4H2,1-3H3,(H,10,11);/q;;+2/p-2. The van der Waals surface area contributed by atoms with E-state index in [9.17, 15) is 29.4 Å². The van der Waals surface area contributed by atoms with Crippen LogP contribution in [0.4, 0.5) is 0 Å². The van der Waals surface area contributed by atoms with Gasteiger partial charge in [0, 0.05) is 0 Å². The van der Waals surface area contributed by atoms with Crippen molar-refractivity contribution in [3.63, 3.8) is 0 Å². The number of hydrogen-bond acceptors (Lipinski definition) is 6.